The van der Waals surface area contributed by atoms with Gasteiger partial charge in [0.05, 0.1) is 14.2 Å². The van der Waals surface area contributed by atoms with Crippen LogP contribution in [0.5, 0.6) is 11.5 Å². The number of hydrogen-bond acceptors (Lipinski definition) is 6. The molecule has 180 valence electrons. The van der Waals surface area contributed by atoms with Crippen molar-refractivity contribution in [2.75, 3.05) is 24.9 Å². The maximum atomic E-state index is 12.6. The minimum atomic E-state index is -0.346. The predicted molar refractivity (Wildman–Crippen MR) is 140 cm³/mol. The third kappa shape index (κ3) is 4.83. The summed E-state index contributed by atoms with van der Waals surface area (Å²) in [5.74, 6) is 1.84. The van der Waals surface area contributed by atoms with Gasteiger partial charge in [-0.25, -0.2) is 4.68 Å². The van der Waals surface area contributed by atoms with Gasteiger partial charge in [-0.3, -0.25) is 10.1 Å². The molecule has 0 spiro atoms. The number of para-hydroxylation sites is 1. The molecule has 0 bridgehead atoms. The molecule has 8 nitrogen and oxygen atoms in total. The Bertz CT molecular complexity index is 1430. The normalized spacial score (nSPS) is 14.5. The Hall–Kier alpha value is -4.85. The van der Waals surface area contributed by atoms with Crippen molar-refractivity contribution in [2.24, 2.45) is 0 Å². The Balaban J connectivity index is 1.42. The second-order valence-electron chi connectivity index (χ2n) is 8.06. The molecule has 1 aliphatic heterocycles. The van der Waals surface area contributed by atoms with Gasteiger partial charge in [-0.2, -0.15) is 4.98 Å². The van der Waals surface area contributed by atoms with Gasteiger partial charge in [0.25, 0.3) is 11.9 Å². The molecular formula is C28H25N5O3. The molecule has 36 heavy (non-hydrogen) atoms. The summed E-state index contributed by atoms with van der Waals surface area (Å²) in [7, 11) is 3.23. The second-order valence-corrected chi connectivity index (χ2v) is 8.06. The van der Waals surface area contributed by atoms with Gasteiger partial charge in [0, 0.05) is 17.3 Å². The average molecular weight is 480 g/mol. The van der Waals surface area contributed by atoms with Crippen LogP contribution in [0.25, 0.3) is 11.8 Å². The number of allylic oxidation sites excluding steroid dienone is 1. The van der Waals surface area contributed by atoms with Crippen LogP contribution >= 0.6 is 0 Å². The molecule has 1 atom stereocenters. The molecular weight excluding hydrogens is 454 g/mol. The van der Waals surface area contributed by atoms with Crippen molar-refractivity contribution in [1.82, 2.24) is 14.8 Å². The number of benzene rings is 3. The number of methoxy groups -OCH3 is 2. The Labute approximate surface area is 208 Å². The first-order chi connectivity index (χ1) is 17.6. The molecule has 0 saturated carbocycles. The van der Waals surface area contributed by atoms with Crippen LogP contribution in [0.1, 0.15) is 22.7 Å². The molecule has 1 unspecified atom stereocenters. The van der Waals surface area contributed by atoms with E-state index in [1.165, 1.54) is 6.08 Å². The van der Waals surface area contributed by atoms with Gasteiger partial charge < -0.3 is 14.8 Å². The van der Waals surface area contributed by atoms with Gasteiger partial charge in [0.15, 0.2) is 0 Å². The van der Waals surface area contributed by atoms with E-state index < -0.39 is 0 Å². The first kappa shape index (κ1) is 22.9. The van der Waals surface area contributed by atoms with Crippen LogP contribution in [0.4, 0.5) is 11.9 Å². The Morgan fingerprint density at radius 2 is 1.72 bits per heavy atom. The Morgan fingerprint density at radius 3 is 2.47 bits per heavy atom. The van der Waals surface area contributed by atoms with Crippen LogP contribution in [0.15, 0.2) is 91.0 Å². The van der Waals surface area contributed by atoms with Crippen LogP contribution in [-0.2, 0) is 4.79 Å². The summed E-state index contributed by atoms with van der Waals surface area (Å²) in [6.07, 6.45) is 5.21. The number of anilines is 2. The summed E-state index contributed by atoms with van der Waals surface area (Å²) in [5, 5.41) is 10.7. The fraction of sp³-hybridized carbons (Fsp3) is 0.107. The lowest BCUT2D eigenvalue weighted by atomic mass is 10.0. The number of carbonyl (C=O) groups is 1. The van der Waals surface area contributed by atoms with Gasteiger partial charge >= 0.3 is 0 Å². The lowest BCUT2D eigenvalue weighted by molar-refractivity contribution is -0.111. The molecule has 4 aromatic rings. The van der Waals surface area contributed by atoms with E-state index in [4.69, 9.17) is 9.47 Å². The van der Waals surface area contributed by atoms with Gasteiger partial charge in [-0.1, -0.05) is 60.7 Å². The zero-order valence-corrected chi connectivity index (χ0v) is 19.9. The SMILES string of the molecule is COc1ccc(C2C=C(c3ccccc3)Nc3nc(NC(=O)/C=C/c4ccccc4OC)nn32)cc1. The second kappa shape index (κ2) is 10.2. The molecule has 1 amide bonds. The molecule has 2 N–H and O–H groups in total. The van der Waals surface area contributed by atoms with Crippen molar-refractivity contribution in [3.8, 4) is 11.5 Å². The highest BCUT2D eigenvalue weighted by Gasteiger charge is 2.25. The largest absolute Gasteiger partial charge is 0.497 e. The third-order valence-electron chi connectivity index (χ3n) is 5.80. The molecule has 3 aromatic carbocycles. The van der Waals surface area contributed by atoms with Gasteiger partial charge in [0.2, 0.25) is 5.95 Å². The van der Waals surface area contributed by atoms with E-state index in [1.54, 1.807) is 25.0 Å². The molecule has 2 heterocycles. The summed E-state index contributed by atoms with van der Waals surface area (Å²) in [5.41, 5.74) is 3.73. The van der Waals surface area contributed by atoms with E-state index in [-0.39, 0.29) is 17.9 Å². The number of carbonyl (C=O) groups excluding carboxylic acids is 1. The first-order valence-electron chi connectivity index (χ1n) is 11.4. The number of rotatable bonds is 7. The fourth-order valence-electron chi connectivity index (χ4n) is 3.99. The first-order valence-corrected chi connectivity index (χ1v) is 11.4. The van der Waals surface area contributed by atoms with E-state index in [0.717, 1.165) is 28.1 Å². The predicted octanol–water partition coefficient (Wildman–Crippen LogP) is 5.00. The number of ether oxygens (including phenoxy) is 2. The number of aromatic nitrogens is 3. The van der Waals surface area contributed by atoms with E-state index in [9.17, 15) is 4.79 Å². The smallest absolute Gasteiger partial charge is 0.250 e. The zero-order valence-electron chi connectivity index (χ0n) is 19.9. The summed E-state index contributed by atoms with van der Waals surface area (Å²) < 4.78 is 12.4. The maximum absolute atomic E-state index is 12.6. The molecule has 5 rings (SSSR count). The van der Waals surface area contributed by atoms with Crippen molar-refractivity contribution >= 4 is 29.6 Å². The van der Waals surface area contributed by atoms with Crippen LogP contribution < -0.4 is 20.1 Å². The lowest BCUT2D eigenvalue weighted by Gasteiger charge is -2.24. The van der Waals surface area contributed by atoms with Crippen molar-refractivity contribution < 1.29 is 14.3 Å². The fourth-order valence-corrected chi connectivity index (χ4v) is 3.99. The van der Waals surface area contributed by atoms with Gasteiger partial charge in [-0.05, 0) is 41.5 Å². The minimum absolute atomic E-state index is 0.202. The monoisotopic (exact) mass is 479 g/mol. The van der Waals surface area contributed by atoms with E-state index in [1.807, 2.05) is 78.9 Å². The third-order valence-corrected chi connectivity index (χ3v) is 5.80. The molecule has 0 aliphatic carbocycles. The van der Waals surface area contributed by atoms with E-state index >= 15 is 0 Å². The summed E-state index contributed by atoms with van der Waals surface area (Å²) in [6, 6.07) is 25.0. The molecule has 1 aliphatic rings. The lowest BCUT2D eigenvalue weighted by Crippen LogP contribution is -2.20. The minimum Gasteiger partial charge on any atom is -0.497 e. The highest BCUT2D eigenvalue weighted by Crippen LogP contribution is 2.33. The number of nitrogens with zero attached hydrogens (tertiary/aromatic N) is 3. The molecule has 8 heteroatoms. The van der Waals surface area contributed by atoms with E-state index in [2.05, 4.69) is 26.8 Å². The number of amides is 1. The Morgan fingerprint density at radius 1 is 0.972 bits per heavy atom. The molecule has 0 radical (unpaired) electrons. The maximum Gasteiger partial charge on any atom is 0.250 e. The zero-order chi connectivity index (χ0) is 24.9. The van der Waals surface area contributed by atoms with Crippen LogP contribution in [0.3, 0.4) is 0 Å². The number of fused-ring (bicyclic) bond motifs is 1. The quantitative estimate of drug-likeness (QED) is 0.363. The van der Waals surface area contributed by atoms with Crippen LogP contribution in [0.2, 0.25) is 0 Å². The molecule has 1 aromatic heterocycles. The number of hydrogen-bond donors (Lipinski definition) is 2. The van der Waals surface area contributed by atoms with Gasteiger partial charge in [-0.15, -0.1) is 5.10 Å². The molecule has 0 saturated heterocycles. The highest BCUT2D eigenvalue weighted by molar-refractivity contribution is 6.01. The van der Waals surface area contributed by atoms with E-state index in [0.29, 0.717) is 11.7 Å². The van der Waals surface area contributed by atoms with Crippen LogP contribution in [0, 0.1) is 0 Å². The summed E-state index contributed by atoms with van der Waals surface area (Å²) in [6.45, 7) is 0. The highest BCUT2D eigenvalue weighted by atomic mass is 16.5. The topological polar surface area (TPSA) is 90.3 Å². The Kier molecular flexibility index (Phi) is 6.48. The van der Waals surface area contributed by atoms with Crippen molar-refractivity contribution in [3.63, 3.8) is 0 Å². The van der Waals surface area contributed by atoms with Crippen LogP contribution in [-0.4, -0.2) is 34.9 Å². The molecule has 0 fully saturated rings. The van der Waals surface area contributed by atoms with Crippen molar-refractivity contribution in [3.05, 3.63) is 108 Å². The van der Waals surface area contributed by atoms with Gasteiger partial charge in [0.1, 0.15) is 17.5 Å². The van der Waals surface area contributed by atoms with Crippen molar-refractivity contribution in [1.29, 1.82) is 0 Å². The van der Waals surface area contributed by atoms with Crippen molar-refractivity contribution in [2.45, 2.75) is 6.04 Å². The summed E-state index contributed by atoms with van der Waals surface area (Å²) >= 11 is 0. The average Bonchev–Trinajstić information content (AvgIpc) is 3.34. The standard InChI is InChI=1S/C28H25N5O3/c1-35-22-15-12-20(13-16-22)24-18-23(19-8-4-3-5-9-19)29-28-31-27(32-33(24)28)30-26(34)17-14-21-10-6-7-11-25(21)36-2/h3-18,24H,1-2H3,(H2,29,30,31,32,34)/b17-14+. The number of nitrogens with one attached hydrogen (secondary N) is 2. The summed E-state index contributed by atoms with van der Waals surface area (Å²) in [4.78, 5) is 17.2.